The van der Waals surface area contributed by atoms with Crippen molar-refractivity contribution in [2.75, 3.05) is 10.6 Å². The summed E-state index contributed by atoms with van der Waals surface area (Å²) in [5, 5.41) is 3.05. The highest BCUT2D eigenvalue weighted by molar-refractivity contribution is 7.92. The summed E-state index contributed by atoms with van der Waals surface area (Å²) in [5.74, 6) is -0.291. The number of sulfonamides is 1. The Morgan fingerprint density at radius 1 is 1.12 bits per heavy atom. The van der Waals surface area contributed by atoms with Crippen LogP contribution in [0.4, 0.5) is 5.69 Å². The predicted octanol–water partition coefficient (Wildman–Crippen LogP) is 3.03. The number of carbonyl (C=O) groups excluding carboxylic acids is 1. The van der Waals surface area contributed by atoms with E-state index >= 15 is 0 Å². The van der Waals surface area contributed by atoms with Gasteiger partial charge in [0.25, 0.3) is 0 Å². The molecular weight excluding hydrogens is 348 g/mol. The summed E-state index contributed by atoms with van der Waals surface area (Å²) in [6.45, 7) is 1.62. The van der Waals surface area contributed by atoms with Crippen molar-refractivity contribution >= 4 is 21.6 Å². The minimum absolute atomic E-state index is 0.0768. The first-order chi connectivity index (χ1) is 12.4. The van der Waals surface area contributed by atoms with Gasteiger partial charge in [-0.25, -0.2) is 8.42 Å². The highest BCUT2D eigenvalue weighted by Gasteiger charge is 2.31. The molecule has 0 heterocycles. The zero-order valence-electron chi connectivity index (χ0n) is 15.1. The van der Waals surface area contributed by atoms with Crippen molar-refractivity contribution in [2.45, 2.75) is 38.3 Å². The van der Waals surface area contributed by atoms with Crippen molar-refractivity contribution < 1.29 is 13.2 Å². The van der Waals surface area contributed by atoms with Gasteiger partial charge in [0.2, 0.25) is 15.9 Å². The summed E-state index contributed by atoms with van der Waals surface area (Å²) in [6, 6.07) is 15.9. The molecule has 0 unspecified atom stereocenters. The summed E-state index contributed by atoms with van der Waals surface area (Å²) in [6.07, 6.45) is 4.00. The van der Waals surface area contributed by atoms with Gasteiger partial charge in [0, 0.05) is 0 Å². The molecule has 0 fully saturated rings. The number of anilines is 1. The van der Waals surface area contributed by atoms with Gasteiger partial charge in [-0.3, -0.25) is 9.10 Å². The van der Waals surface area contributed by atoms with Gasteiger partial charge < -0.3 is 5.32 Å². The van der Waals surface area contributed by atoms with Gasteiger partial charge in [-0.15, -0.1) is 0 Å². The smallest absolute Gasteiger partial charge is 0.244 e. The Bertz CT molecular complexity index is 881. The Labute approximate surface area is 155 Å². The van der Waals surface area contributed by atoms with Crippen LogP contribution in [0.25, 0.3) is 0 Å². The number of hydrogen-bond donors (Lipinski definition) is 1. The zero-order chi connectivity index (χ0) is 18.7. The van der Waals surface area contributed by atoms with Crippen LogP contribution in [0.3, 0.4) is 0 Å². The lowest BCUT2D eigenvalue weighted by molar-refractivity contribution is -0.122. The molecule has 2 aromatic rings. The molecule has 0 radical (unpaired) electrons. The molecule has 3 rings (SSSR count). The zero-order valence-corrected chi connectivity index (χ0v) is 15.9. The Morgan fingerprint density at radius 3 is 2.46 bits per heavy atom. The van der Waals surface area contributed by atoms with Gasteiger partial charge >= 0.3 is 0 Å². The van der Waals surface area contributed by atoms with Crippen LogP contribution < -0.4 is 9.62 Å². The van der Waals surface area contributed by atoms with Crippen LogP contribution in [0.1, 0.15) is 36.9 Å². The van der Waals surface area contributed by atoms with Gasteiger partial charge in [-0.05, 0) is 49.4 Å². The van der Waals surface area contributed by atoms with Gasteiger partial charge in [0.1, 0.15) is 6.04 Å². The normalized spacial score (nSPS) is 17.8. The minimum atomic E-state index is -3.59. The standard InChI is InChI=1S/C20H24N2O3S/c1-15(22(26(2,24)25)17-11-4-3-5-12-17)20(23)21-19-14-8-10-16-9-6-7-13-18(16)19/h3-7,9,11-13,15,19H,8,10,14H2,1-2H3,(H,21,23)/t15-,19+/m1/s1. The lowest BCUT2D eigenvalue weighted by Gasteiger charge is -2.31. The largest absolute Gasteiger partial charge is 0.347 e. The third-order valence-corrected chi connectivity index (χ3v) is 6.03. The predicted molar refractivity (Wildman–Crippen MR) is 103 cm³/mol. The minimum Gasteiger partial charge on any atom is -0.347 e. The van der Waals surface area contributed by atoms with Crippen molar-refractivity contribution in [3.05, 3.63) is 65.7 Å². The second-order valence-corrected chi connectivity index (χ2v) is 8.58. The van der Waals surface area contributed by atoms with Crippen molar-refractivity contribution in [1.29, 1.82) is 0 Å². The first-order valence-corrected chi connectivity index (χ1v) is 10.7. The molecule has 0 saturated heterocycles. The van der Waals surface area contributed by atoms with Crippen LogP contribution in [0.5, 0.6) is 0 Å². The van der Waals surface area contributed by atoms with E-state index in [4.69, 9.17) is 0 Å². The fraction of sp³-hybridized carbons (Fsp3) is 0.350. The van der Waals surface area contributed by atoms with E-state index < -0.39 is 16.1 Å². The van der Waals surface area contributed by atoms with E-state index in [0.29, 0.717) is 5.69 Å². The van der Waals surface area contributed by atoms with E-state index in [1.165, 1.54) is 9.87 Å². The molecule has 1 aliphatic rings. The maximum absolute atomic E-state index is 12.9. The number of carbonyl (C=O) groups is 1. The van der Waals surface area contributed by atoms with Gasteiger partial charge in [-0.2, -0.15) is 0 Å². The molecule has 1 amide bonds. The number of benzene rings is 2. The third kappa shape index (κ3) is 3.90. The van der Waals surface area contributed by atoms with Crippen molar-refractivity contribution in [2.24, 2.45) is 0 Å². The number of hydrogen-bond acceptors (Lipinski definition) is 3. The maximum atomic E-state index is 12.9. The third-order valence-electron chi connectivity index (χ3n) is 4.79. The first-order valence-electron chi connectivity index (χ1n) is 8.80. The molecule has 6 heteroatoms. The van der Waals surface area contributed by atoms with Gasteiger partial charge in [-0.1, -0.05) is 42.5 Å². The lowest BCUT2D eigenvalue weighted by atomic mass is 9.87. The summed E-state index contributed by atoms with van der Waals surface area (Å²) in [7, 11) is -3.59. The van der Waals surface area contributed by atoms with Crippen LogP contribution in [-0.2, 0) is 21.2 Å². The molecule has 0 spiro atoms. The molecular formula is C20H24N2O3S. The molecule has 2 aromatic carbocycles. The van der Waals surface area contributed by atoms with E-state index in [0.717, 1.165) is 31.1 Å². The number of nitrogens with zero attached hydrogens (tertiary/aromatic N) is 1. The van der Waals surface area contributed by atoms with Gasteiger partial charge in [0.15, 0.2) is 0 Å². The summed E-state index contributed by atoms with van der Waals surface area (Å²) in [4.78, 5) is 12.9. The summed E-state index contributed by atoms with van der Waals surface area (Å²) in [5.41, 5.74) is 2.87. The Morgan fingerprint density at radius 2 is 1.77 bits per heavy atom. The molecule has 1 aliphatic carbocycles. The van der Waals surface area contributed by atoms with Crippen LogP contribution in [0.2, 0.25) is 0 Å². The molecule has 2 atom stereocenters. The molecule has 0 aliphatic heterocycles. The Hall–Kier alpha value is -2.34. The second-order valence-electron chi connectivity index (χ2n) is 6.72. The molecule has 0 bridgehead atoms. The second kappa shape index (κ2) is 7.50. The fourth-order valence-electron chi connectivity index (χ4n) is 3.58. The van der Waals surface area contributed by atoms with E-state index in [-0.39, 0.29) is 11.9 Å². The van der Waals surface area contributed by atoms with Crippen LogP contribution in [0, 0.1) is 0 Å². The molecule has 138 valence electrons. The molecule has 1 N–H and O–H groups in total. The maximum Gasteiger partial charge on any atom is 0.244 e. The molecule has 5 nitrogen and oxygen atoms in total. The number of aryl methyl sites for hydroxylation is 1. The van der Waals surface area contributed by atoms with Crippen molar-refractivity contribution in [3.63, 3.8) is 0 Å². The Kier molecular flexibility index (Phi) is 5.32. The molecule has 26 heavy (non-hydrogen) atoms. The quantitative estimate of drug-likeness (QED) is 0.877. The van der Waals surface area contributed by atoms with E-state index in [1.54, 1.807) is 31.2 Å². The number of amides is 1. The first kappa shape index (κ1) is 18.5. The van der Waals surface area contributed by atoms with Crippen molar-refractivity contribution in [1.82, 2.24) is 5.32 Å². The highest BCUT2D eigenvalue weighted by atomic mass is 32.2. The van der Waals surface area contributed by atoms with Crippen molar-refractivity contribution in [3.8, 4) is 0 Å². The number of fused-ring (bicyclic) bond motifs is 1. The van der Waals surface area contributed by atoms with E-state index in [1.807, 2.05) is 24.3 Å². The lowest BCUT2D eigenvalue weighted by Crippen LogP contribution is -2.49. The highest BCUT2D eigenvalue weighted by Crippen LogP contribution is 2.30. The van der Waals surface area contributed by atoms with E-state index in [9.17, 15) is 13.2 Å². The number of nitrogens with one attached hydrogen (secondary N) is 1. The van der Waals surface area contributed by atoms with Crippen LogP contribution in [-0.4, -0.2) is 26.6 Å². The Balaban J connectivity index is 1.83. The average Bonchev–Trinajstić information content (AvgIpc) is 2.62. The molecule has 0 saturated carbocycles. The SMILES string of the molecule is C[C@H](C(=O)N[C@H]1CCCc2ccccc21)N(c1ccccc1)S(C)(=O)=O. The monoisotopic (exact) mass is 372 g/mol. The number of para-hydroxylation sites is 1. The van der Waals surface area contributed by atoms with Crippen LogP contribution >= 0.6 is 0 Å². The average molecular weight is 372 g/mol. The number of rotatable bonds is 5. The summed E-state index contributed by atoms with van der Waals surface area (Å²) >= 11 is 0. The van der Waals surface area contributed by atoms with E-state index in [2.05, 4.69) is 11.4 Å². The molecule has 0 aromatic heterocycles. The topological polar surface area (TPSA) is 66.5 Å². The van der Waals surface area contributed by atoms with Gasteiger partial charge in [0.05, 0.1) is 18.0 Å². The summed E-state index contributed by atoms with van der Waals surface area (Å²) < 4.78 is 25.8. The van der Waals surface area contributed by atoms with Crippen LogP contribution in [0.15, 0.2) is 54.6 Å². The fourth-order valence-corrected chi connectivity index (χ4v) is 4.75.